The third-order valence-corrected chi connectivity index (χ3v) is 5.09. The Morgan fingerprint density at radius 1 is 1.17 bits per heavy atom. The summed E-state index contributed by atoms with van der Waals surface area (Å²) in [5.41, 5.74) is 4.49. The maximum Gasteiger partial charge on any atom is 0.338 e. The first kappa shape index (κ1) is 21.1. The maximum atomic E-state index is 12.0. The van der Waals surface area contributed by atoms with Crippen LogP contribution in [0.4, 0.5) is 11.4 Å². The van der Waals surface area contributed by atoms with Crippen LogP contribution in [0.25, 0.3) is 0 Å². The molecule has 1 aliphatic rings. The molecule has 1 saturated heterocycles. The minimum Gasteiger partial charge on any atom is -0.462 e. The number of morpholine rings is 1. The predicted octanol–water partition coefficient (Wildman–Crippen LogP) is 3.49. The minimum atomic E-state index is -0.326. The molecule has 0 atom stereocenters. The highest BCUT2D eigenvalue weighted by Gasteiger charge is 2.13. The van der Waals surface area contributed by atoms with Crippen LogP contribution in [0.15, 0.2) is 42.5 Å². The molecule has 1 aliphatic heterocycles. The van der Waals surface area contributed by atoms with E-state index in [-0.39, 0.29) is 5.97 Å². The highest BCUT2D eigenvalue weighted by Crippen LogP contribution is 2.20. The van der Waals surface area contributed by atoms with Gasteiger partial charge in [-0.25, -0.2) is 4.79 Å². The number of nitrogens with one attached hydrogen (secondary N) is 2. The average molecular weight is 414 g/mol. The summed E-state index contributed by atoms with van der Waals surface area (Å²) in [5.74, 6) is -0.326. The summed E-state index contributed by atoms with van der Waals surface area (Å²) in [7, 11) is 0. The maximum absolute atomic E-state index is 12.0. The van der Waals surface area contributed by atoms with Gasteiger partial charge in [-0.05, 0) is 61.5 Å². The van der Waals surface area contributed by atoms with Gasteiger partial charge in [0.15, 0.2) is 5.11 Å². The van der Waals surface area contributed by atoms with E-state index in [2.05, 4.69) is 39.8 Å². The third-order valence-electron chi connectivity index (χ3n) is 4.84. The topological polar surface area (TPSA) is 62.8 Å². The molecule has 29 heavy (non-hydrogen) atoms. The second kappa shape index (κ2) is 10.2. The molecule has 1 fully saturated rings. The molecule has 1 heterocycles. The SMILES string of the molecule is CCOC(=O)c1cccc(NC(=S)NCc2ccc(N3CCOCC3)cc2)c1C. The van der Waals surface area contributed by atoms with Crippen LogP contribution in [0, 0.1) is 6.92 Å². The van der Waals surface area contributed by atoms with Crippen LogP contribution >= 0.6 is 12.2 Å². The largest absolute Gasteiger partial charge is 0.462 e. The fraction of sp³-hybridized carbons (Fsp3) is 0.364. The number of hydrogen-bond donors (Lipinski definition) is 2. The quantitative estimate of drug-likeness (QED) is 0.555. The van der Waals surface area contributed by atoms with Crippen molar-refractivity contribution >= 4 is 34.7 Å². The zero-order valence-electron chi connectivity index (χ0n) is 16.9. The number of benzene rings is 2. The lowest BCUT2D eigenvalue weighted by molar-refractivity contribution is 0.0525. The molecule has 3 rings (SSSR count). The van der Waals surface area contributed by atoms with Crippen molar-refractivity contribution in [2.45, 2.75) is 20.4 Å². The molecule has 0 saturated carbocycles. The van der Waals surface area contributed by atoms with E-state index in [1.807, 2.05) is 19.1 Å². The molecule has 0 amide bonds. The molecule has 2 aromatic rings. The van der Waals surface area contributed by atoms with Crippen LogP contribution in [0.3, 0.4) is 0 Å². The van der Waals surface area contributed by atoms with Gasteiger partial charge in [-0.1, -0.05) is 18.2 Å². The number of carbonyl (C=O) groups excluding carboxylic acids is 1. The van der Waals surface area contributed by atoms with Crippen molar-refractivity contribution in [3.63, 3.8) is 0 Å². The predicted molar refractivity (Wildman–Crippen MR) is 120 cm³/mol. The van der Waals surface area contributed by atoms with Crippen LogP contribution in [-0.2, 0) is 16.0 Å². The van der Waals surface area contributed by atoms with E-state index in [1.165, 1.54) is 5.69 Å². The first-order chi connectivity index (χ1) is 14.1. The van der Waals surface area contributed by atoms with E-state index in [1.54, 1.807) is 13.0 Å². The van der Waals surface area contributed by atoms with E-state index in [9.17, 15) is 4.79 Å². The van der Waals surface area contributed by atoms with Crippen LogP contribution in [0.5, 0.6) is 0 Å². The van der Waals surface area contributed by atoms with Crippen molar-refractivity contribution < 1.29 is 14.3 Å². The molecule has 6 nitrogen and oxygen atoms in total. The normalized spacial score (nSPS) is 13.7. The number of rotatable bonds is 6. The highest BCUT2D eigenvalue weighted by molar-refractivity contribution is 7.80. The van der Waals surface area contributed by atoms with Crippen LogP contribution in [-0.4, -0.2) is 44.0 Å². The molecule has 0 spiro atoms. The Bertz CT molecular complexity index is 849. The van der Waals surface area contributed by atoms with Gasteiger partial charge in [-0.2, -0.15) is 0 Å². The van der Waals surface area contributed by atoms with Gasteiger partial charge in [0.05, 0.1) is 25.4 Å². The van der Waals surface area contributed by atoms with Gasteiger partial charge in [-0.15, -0.1) is 0 Å². The number of nitrogens with zero attached hydrogens (tertiary/aromatic N) is 1. The van der Waals surface area contributed by atoms with Crippen molar-refractivity contribution in [3.05, 3.63) is 59.2 Å². The van der Waals surface area contributed by atoms with Gasteiger partial charge in [-0.3, -0.25) is 0 Å². The molecule has 0 unspecified atom stereocenters. The van der Waals surface area contributed by atoms with Crippen molar-refractivity contribution in [3.8, 4) is 0 Å². The lowest BCUT2D eigenvalue weighted by Crippen LogP contribution is -2.36. The lowest BCUT2D eigenvalue weighted by Gasteiger charge is -2.28. The molecule has 0 bridgehead atoms. The first-order valence-electron chi connectivity index (χ1n) is 9.81. The first-order valence-corrected chi connectivity index (χ1v) is 10.2. The molecule has 2 aromatic carbocycles. The zero-order chi connectivity index (χ0) is 20.6. The van der Waals surface area contributed by atoms with E-state index >= 15 is 0 Å². The van der Waals surface area contributed by atoms with Gasteiger partial charge in [0, 0.05) is 31.0 Å². The molecular weight excluding hydrogens is 386 g/mol. The summed E-state index contributed by atoms with van der Waals surface area (Å²) in [6, 6.07) is 13.9. The van der Waals surface area contributed by atoms with Gasteiger partial charge in [0.1, 0.15) is 0 Å². The van der Waals surface area contributed by atoms with Gasteiger partial charge in [0.2, 0.25) is 0 Å². The van der Waals surface area contributed by atoms with Crippen LogP contribution in [0.2, 0.25) is 0 Å². The monoisotopic (exact) mass is 413 g/mol. The standard InChI is InChI=1S/C22H27N3O3S/c1-3-28-21(26)19-5-4-6-20(16(19)2)24-22(29)23-15-17-7-9-18(10-8-17)25-11-13-27-14-12-25/h4-10H,3,11-15H2,1-2H3,(H2,23,24,29). The van der Waals surface area contributed by atoms with Gasteiger partial charge < -0.3 is 25.0 Å². The van der Waals surface area contributed by atoms with Crippen molar-refractivity contribution in [1.82, 2.24) is 5.32 Å². The summed E-state index contributed by atoms with van der Waals surface area (Å²) in [4.78, 5) is 14.4. The summed E-state index contributed by atoms with van der Waals surface area (Å²) >= 11 is 5.42. The van der Waals surface area contributed by atoms with E-state index in [4.69, 9.17) is 21.7 Å². The van der Waals surface area contributed by atoms with Gasteiger partial charge >= 0.3 is 5.97 Å². The number of anilines is 2. The Balaban J connectivity index is 1.55. The molecule has 0 radical (unpaired) electrons. The van der Waals surface area contributed by atoms with E-state index < -0.39 is 0 Å². The number of ether oxygens (including phenoxy) is 2. The third kappa shape index (κ3) is 5.68. The summed E-state index contributed by atoms with van der Waals surface area (Å²) in [6.45, 7) is 8.04. The molecular formula is C22H27N3O3S. The van der Waals surface area contributed by atoms with E-state index in [0.717, 1.165) is 43.1 Å². The van der Waals surface area contributed by atoms with Gasteiger partial charge in [0.25, 0.3) is 0 Å². The number of hydrogen-bond acceptors (Lipinski definition) is 5. The Kier molecular flexibility index (Phi) is 7.43. The van der Waals surface area contributed by atoms with Crippen LogP contribution in [0.1, 0.15) is 28.4 Å². The van der Waals surface area contributed by atoms with Crippen molar-refractivity contribution in [2.75, 3.05) is 43.1 Å². The molecule has 7 heteroatoms. The van der Waals surface area contributed by atoms with Crippen LogP contribution < -0.4 is 15.5 Å². The fourth-order valence-electron chi connectivity index (χ4n) is 3.20. The second-order valence-electron chi connectivity index (χ2n) is 6.77. The smallest absolute Gasteiger partial charge is 0.338 e. The summed E-state index contributed by atoms with van der Waals surface area (Å²) in [5, 5.41) is 6.90. The minimum absolute atomic E-state index is 0.326. The fourth-order valence-corrected chi connectivity index (χ4v) is 3.38. The molecule has 0 aliphatic carbocycles. The van der Waals surface area contributed by atoms with Crippen molar-refractivity contribution in [2.24, 2.45) is 0 Å². The van der Waals surface area contributed by atoms with E-state index in [0.29, 0.717) is 23.8 Å². The Morgan fingerprint density at radius 2 is 1.90 bits per heavy atom. The zero-order valence-corrected chi connectivity index (χ0v) is 17.7. The summed E-state index contributed by atoms with van der Waals surface area (Å²) in [6.07, 6.45) is 0. The van der Waals surface area contributed by atoms with Crippen molar-refractivity contribution in [1.29, 1.82) is 0 Å². The number of thiocarbonyl (C=S) groups is 1. The Labute approximate surface area is 177 Å². The lowest BCUT2D eigenvalue weighted by atomic mass is 10.1. The summed E-state index contributed by atoms with van der Waals surface area (Å²) < 4.78 is 10.5. The number of esters is 1. The highest BCUT2D eigenvalue weighted by atomic mass is 32.1. The average Bonchev–Trinajstić information content (AvgIpc) is 2.75. The molecule has 0 aromatic heterocycles. The molecule has 154 valence electrons. The Morgan fingerprint density at radius 3 is 2.59 bits per heavy atom. The Hall–Kier alpha value is -2.64. The number of carbonyl (C=O) groups is 1. The second-order valence-corrected chi connectivity index (χ2v) is 7.18. The molecule has 2 N–H and O–H groups in total.